The third kappa shape index (κ3) is 3.35. The number of carboxylic acids is 1. The smallest absolute Gasteiger partial charge is 0.308 e. The Balaban J connectivity index is 2.28. The average Bonchev–Trinajstić information content (AvgIpc) is 2.47. The van der Waals surface area contributed by atoms with Crippen molar-refractivity contribution in [2.24, 2.45) is 5.92 Å². The monoisotopic (exact) mass is 327 g/mol. The van der Waals surface area contributed by atoms with Crippen molar-refractivity contribution in [3.63, 3.8) is 0 Å². The highest BCUT2D eigenvalue weighted by atomic mass is 35.5. The van der Waals surface area contributed by atoms with Crippen LogP contribution in [0.5, 0.6) is 0 Å². The zero-order valence-electron chi connectivity index (χ0n) is 12.0. The van der Waals surface area contributed by atoms with E-state index in [1.165, 1.54) is 11.8 Å². The van der Waals surface area contributed by atoms with Gasteiger partial charge in [-0.2, -0.15) is 0 Å². The van der Waals surface area contributed by atoms with E-state index < -0.39 is 11.9 Å². The van der Waals surface area contributed by atoms with Crippen molar-refractivity contribution in [2.75, 3.05) is 12.8 Å². The fourth-order valence-electron chi connectivity index (χ4n) is 2.71. The molecule has 1 N–H and O–H groups in total. The van der Waals surface area contributed by atoms with Gasteiger partial charge in [-0.25, -0.2) is 0 Å². The van der Waals surface area contributed by atoms with Gasteiger partial charge in [-0.1, -0.05) is 11.6 Å². The lowest BCUT2D eigenvalue weighted by atomic mass is 9.90. The van der Waals surface area contributed by atoms with Crippen molar-refractivity contribution in [2.45, 2.75) is 30.7 Å². The molecule has 1 fully saturated rings. The van der Waals surface area contributed by atoms with Crippen LogP contribution in [-0.2, 0) is 4.79 Å². The number of hydrogen-bond acceptors (Lipinski definition) is 3. The fourth-order valence-corrected chi connectivity index (χ4v) is 3.35. The standard InChI is InChI=1S/C15H18ClNO3S/c1-9-11(15(19)20)4-3-7-17(9)14(18)12-8-10(21-2)5-6-13(12)16/h5-6,8-9,11H,3-4,7H2,1-2H3,(H,19,20)/t9-,11-/m0/s1. The van der Waals surface area contributed by atoms with Gasteiger partial charge in [0.05, 0.1) is 16.5 Å². The summed E-state index contributed by atoms with van der Waals surface area (Å²) in [6.45, 7) is 2.37. The molecule has 2 atom stereocenters. The van der Waals surface area contributed by atoms with Crippen LogP contribution in [0.1, 0.15) is 30.1 Å². The van der Waals surface area contributed by atoms with E-state index in [0.29, 0.717) is 30.0 Å². The van der Waals surface area contributed by atoms with Gasteiger partial charge < -0.3 is 10.0 Å². The minimum atomic E-state index is -0.844. The number of amides is 1. The Hall–Kier alpha value is -1.20. The van der Waals surface area contributed by atoms with Crippen LogP contribution in [-0.4, -0.2) is 40.7 Å². The lowest BCUT2D eigenvalue weighted by Crippen LogP contribution is -2.49. The number of piperidine rings is 1. The Bertz CT molecular complexity index is 564. The van der Waals surface area contributed by atoms with Crippen molar-refractivity contribution < 1.29 is 14.7 Å². The molecule has 0 radical (unpaired) electrons. The minimum Gasteiger partial charge on any atom is -0.481 e. The van der Waals surface area contributed by atoms with Gasteiger partial charge in [0.2, 0.25) is 0 Å². The number of carboxylic acid groups (broad SMARTS) is 1. The predicted molar refractivity (Wildman–Crippen MR) is 84.1 cm³/mol. The van der Waals surface area contributed by atoms with Crippen molar-refractivity contribution >= 4 is 35.2 Å². The zero-order valence-corrected chi connectivity index (χ0v) is 13.6. The Labute approximate surface area is 133 Å². The third-order valence-corrected chi connectivity index (χ3v) is 5.02. The highest BCUT2D eigenvalue weighted by molar-refractivity contribution is 7.98. The highest BCUT2D eigenvalue weighted by Gasteiger charge is 2.36. The van der Waals surface area contributed by atoms with Gasteiger partial charge in [-0.3, -0.25) is 9.59 Å². The minimum absolute atomic E-state index is 0.186. The van der Waals surface area contributed by atoms with E-state index in [2.05, 4.69) is 0 Å². The molecule has 0 spiro atoms. The number of hydrogen-bond donors (Lipinski definition) is 1. The second kappa shape index (κ2) is 6.71. The summed E-state index contributed by atoms with van der Waals surface area (Å²) in [6.07, 6.45) is 3.24. The summed E-state index contributed by atoms with van der Waals surface area (Å²) in [5.74, 6) is -1.54. The molecule has 1 amide bonds. The van der Waals surface area contributed by atoms with Crippen LogP contribution in [0.4, 0.5) is 0 Å². The highest BCUT2D eigenvalue weighted by Crippen LogP contribution is 2.29. The first-order valence-corrected chi connectivity index (χ1v) is 8.43. The van der Waals surface area contributed by atoms with Gasteiger partial charge in [-0.15, -0.1) is 11.8 Å². The van der Waals surface area contributed by atoms with Crippen LogP contribution >= 0.6 is 23.4 Å². The molecule has 1 aliphatic heterocycles. The van der Waals surface area contributed by atoms with Crippen LogP contribution in [0.15, 0.2) is 23.1 Å². The zero-order chi connectivity index (χ0) is 15.6. The third-order valence-electron chi connectivity index (χ3n) is 3.97. The summed E-state index contributed by atoms with van der Waals surface area (Å²) in [4.78, 5) is 26.6. The van der Waals surface area contributed by atoms with Gasteiger partial charge in [0, 0.05) is 17.5 Å². The maximum Gasteiger partial charge on any atom is 0.308 e. The molecule has 6 heteroatoms. The first-order valence-electron chi connectivity index (χ1n) is 6.83. The molecule has 4 nitrogen and oxygen atoms in total. The quantitative estimate of drug-likeness (QED) is 0.865. The van der Waals surface area contributed by atoms with Crippen LogP contribution in [0.3, 0.4) is 0 Å². The van der Waals surface area contributed by atoms with Crippen molar-refractivity contribution in [1.82, 2.24) is 4.90 Å². The maximum absolute atomic E-state index is 12.7. The number of carbonyl (C=O) groups is 2. The Morgan fingerprint density at radius 2 is 2.14 bits per heavy atom. The average molecular weight is 328 g/mol. The maximum atomic E-state index is 12.7. The Kier molecular flexibility index (Phi) is 5.17. The number of halogens is 1. The molecule has 1 aromatic carbocycles. The van der Waals surface area contributed by atoms with E-state index in [-0.39, 0.29) is 11.9 Å². The van der Waals surface area contributed by atoms with E-state index >= 15 is 0 Å². The summed E-state index contributed by atoms with van der Waals surface area (Å²) in [5, 5.41) is 9.65. The van der Waals surface area contributed by atoms with Crippen LogP contribution in [0.25, 0.3) is 0 Å². The SMILES string of the molecule is CSc1ccc(Cl)c(C(=O)N2CCC[C@H](C(=O)O)[C@@H]2C)c1. The summed E-state index contributed by atoms with van der Waals surface area (Å²) < 4.78 is 0. The molecule has 2 rings (SSSR count). The fraction of sp³-hybridized carbons (Fsp3) is 0.467. The predicted octanol–water partition coefficient (Wildman–Crippen LogP) is 3.39. The molecule has 0 bridgehead atoms. The molecule has 1 aromatic rings. The first-order chi connectivity index (χ1) is 9.95. The second-order valence-electron chi connectivity index (χ2n) is 5.17. The molecular formula is C15H18ClNO3S. The number of benzene rings is 1. The summed E-state index contributed by atoms with van der Waals surface area (Å²) >= 11 is 7.68. The molecule has 0 unspecified atom stereocenters. The number of likely N-dealkylation sites (tertiary alicyclic amines) is 1. The Morgan fingerprint density at radius 1 is 1.43 bits per heavy atom. The van der Waals surface area contributed by atoms with Gasteiger partial charge in [-0.05, 0) is 44.2 Å². The van der Waals surface area contributed by atoms with Gasteiger partial charge in [0.1, 0.15) is 0 Å². The van der Waals surface area contributed by atoms with E-state index in [1.807, 2.05) is 12.3 Å². The first kappa shape index (κ1) is 16.2. The molecule has 114 valence electrons. The normalized spacial score (nSPS) is 22.1. The van der Waals surface area contributed by atoms with Crippen molar-refractivity contribution in [3.05, 3.63) is 28.8 Å². The number of carbonyl (C=O) groups excluding carboxylic acids is 1. The Morgan fingerprint density at radius 3 is 2.76 bits per heavy atom. The molecule has 0 aliphatic carbocycles. The number of aliphatic carboxylic acids is 1. The molecule has 0 aromatic heterocycles. The summed E-state index contributed by atoms with van der Waals surface area (Å²) in [7, 11) is 0. The van der Waals surface area contributed by atoms with E-state index in [1.54, 1.807) is 24.0 Å². The van der Waals surface area contributed by atoms with Crippen molar-refractivity contribution in [3.8, 4) is 0 Å². The number of thioether (sulfide) groups is 1. The topological polar surface area (TPSA) is 57.6 Å². The molecular weight excluding hydrogens is 310 g/mol. The second-order valence-corrected chi connectivity index (χ2v) is 6.46. The number of rotatable bonds is 3. The summed E-state index contributed by atoms with van der Waals surface area (Å²) in [6, 6.07) is 5.03. The molecule has 1 heterocycles. The molecule has 21 heavy (non-hydrogen) atoms. The lowest BCUT2D eigenvalue weighted by molar-refractivity contribution is -0.144. The lowest BCUT2D eigenvalue weighted by Gasteiger charge is -2.37. The van der Waals surface area contributed by atoms with Gasteiger partial charge in [0.25, 0.3) is 5.91 Å². The molecule has 1 aliphatic rings. The van der Waals surface area contributed by atoms with Crippen molar-refractivity contribution in [1.29, 1.82) is 0 Å². The van der Waals surface area contributed by atoms with E-state index in [4.69, 9.17) is 11.6 Å². The van der Waals surface area contributed by atoms with E-state index in [0.717, 1.165) is 4.90 Å². The molecule has 1 saturated heterocycles. The molecule has 0 saturated carbocycles. The number of nitrogens with zero attached hydrogens (tertiary/aromatic N) is 1. The van der Waals surface area contributed by atoms with Gasteiger partial charge in [0.15, 0.2) is 0 Å². The largest absolute Gasteiger partial charge is 0.481 e. The van der Waals surface area contributed by atoms with Gasteiger partial charge >= 0.3 is 5.97 Å². The van der Waals surface area contributed by atoms with Crippen LogP contribution < -0.4 is 0 Å². The van der Waals surface area contributed by atoms with Crippen LogP contribution in [0.2, 0.25) is 5.02 Å². The summed E-state index contributed by atoms with van der Waals surface area (Å²) in [5.41, 5.74) is 0.446. The van der Waals surface area contributed by atoms with E-state index in [9.17, 15) is 14.7 Å². The van der Waals surface area contributed by atoms with Crippen LogP contribution in [0, 0.1) is 5.92 Å².